The molecule has 3 aliphatic carbocycles. The number of piperidine rings is 1. The van der Waals surface area contributed by atoms with E-state index in [0.29, 0.717) is 35.8 Å². The van der Waals surface area contributed by atoms with Crippen molar-refractivity contribution < 1.29 is 39.6 Å². The molecule has 266 valence electrons. The molecule has 2 aliphatic heterocycles. The van der Waals surface area contributed by atoms with E-state index < -0.39 is 29.0 Å². The summed E-state index contributed by atoms with van der Waals surface area (Å²) in [5.74, 6) is -0.251. The highest BCUT2D eigenvalue weighted by Crippen LogP contribution is 2.63. The van der Waals surface area contributed by atoms with Gasteiger partial charge in [-0.25, -0.2) is 4.79 Å². The summed E-state index contributed by atoms with van der Waals surface area (Å²) in [7, 11) is 0. The monoisotopic (exact) mass is 659 g/mol. The Kier molecular flexibility index (Phi) is 12.1. The van der Waals surface area contributed by atoms with Gasteiger partial charge in [0.25, 0.3) is 5.60 Å². The normalized spacial score (nSPS) is 39.2. The number of rotatable bonds is 14. The van der Waals surface area contributed by atoms with Gasteiger partial charge in [-0.15, -0.1) is 0 Å². The molecule has 0 aromatic carbocycles. The number of quaternary nitrogens is 2. The van der Waals surface area contributed by atoms with Gasteiger partial charge in [-0.1, -0.05) is 39.2 Å². The van der Waals surface area contributed by atoms with Crippen molar-refractivity contribution in [2.45, 2.75) is 141 Å². The number of aliphatic hydroxyl groups excluding tert-OH is 1. The molecule has 0 radical (unpaired) electrons. The Labute approximate surface area is 282 Å². The Bertz CT molecular complexity index is 1170. The van der Waals surface area contributed by atoms with E-state index in [1.54, 1.807) is 0 Å². The Balaban J connectivity index is 1.41. The summed E-state index contributed by atoms with van der Waals surface area (Å²) < 4.78 is 12.5. The molecule has 9 heteroatoms. The summed E-state index contributed by atoms with van der Waals surface area (Å²) in [4.78, 5) is 43.8. The van der Waals surface area contributed by atoms with Gasteiger partial charge in [0.1, 0.15) is 6.17 Å². The minimum absolute atomic E-state index is 0.0537. The first-order chi connectivity index (χ1) is 22.5. The molecule has 0 aromatic heterocycles. The molecule has 5 aliphatic rings. The molecule has 0 aromatic rings. The first-order valence-corrected chi connectivity index (χ1v) is 19.2. The molecular weight excluding hydrogens is 594 g/mol. The lowest BCUT2D eigenvalue weighted by atomic mass is 9.56. The number of esters is 1. The van der Waals surface area contributed by atoms with Crippen LogP contribution in [-0.4, -0.2) is 72.4 Å². The Morgan fingerprint density at radius 1 is 1.09 bits per heavy atom. The fraction of sp³-hybridized carbons (Fsp3) is 0.868. The summed E-state index contributed by atoms with van der Waals surface area (Å²) in [6.07, 6.45) is 11.7. The van der Waals surface area contributed by atoms with Crippen LogP contribution < -0.4 is 16.4 Å². The maximum atomic E-state index is 14.7. The average molecular weight is 660 g/mol. The molecule has 2 saturated heterocycles. The van der Waals surface area contributed by atoms with Crippen LogP contribution in [-0.2, 0) is 23.9 Å². The van der Waals surface area contributed by atoms with Gasteiger partial charge in [-0.2, -0.15) is 0 Å². The van der Waals surface area contributed by atoms with Crippen LogP contribution in [0.1, 0.15) is 118 Å². The summed E-state index contributed by atoms with van der Waals surface area (Å²) >= 11 is 0. The van der Waals surface area contributed by atoms with E-state index in [1.807, 2.05) is 6.92 Å². The quantitative estimate of drug-likeness (QED) is 0.0969. The maximum absolute atomic E-state index is 14.7. The molecule has 5 unspecified atom stereocenters. The summed E-state index contributed by atoms with van der Waals surface area (Å²) in [5.41, 5.74) is 4.41. The number of hydrogen-bond donors (Lipinski definition) is 4. The van der Waals surface area contributed by atoms with Crippen LogP contribution in [0.5, 0.6) is 0 Å². The van der Waals surface area contributed by atoms with Gasteiger partial charge < -0.3 is 25.2 Å². The van der Waals surface area contributed by atoms with E-state index in [1.165, 1.54) is 6.42 Å². The highest BCUT2D eigenvalue weighted by atomic mass is 16.7. The maximum Gasteiger partial charge on any atom is 0.350 e. The summed E-state index contributed by atoms with van der Waals surface area (Å²) in [5, 5.41) is 15.2. The SMILES string of the molecule is CC[NH2+][C@@H]1CC[C@H](CC)C[C@H]1COC(=O)[C@]12O[C@@]1(CC(CO)=C(C)CCC1CC[NH2+]C(N)C1)C(=O)C1CCCC(CC(C)C)C1C2=O. The zero-order valence-corrected chi connectivity index (χ0v) is 29.9. The Morgan fingerprint density at radius 2 is 1.87 bits per heavy atom. The Hall–Kier alpha value is -1.65. The van der Waals surface area contributed by atoms with Crippen LogP contribution in [0.4, 0.5) is 0 Å². The van der Waals surface area contributed by atoms with Crippen molar-refractivity contribution >= 4 is 17.5 Å². The standard InChI is InChI=1S/C38H63N3O6/c1-6-25-13-14-31(40-7-2)28(18-25)22-46-36(45)38-35(44)33-27(17-23(3)4)9-8-10-30(33)34(43)37(38,47-38)20-29(21-42)24(5)11-12-26-15-16-41-32(39)19-26/h23,25-28,30-33,40-42H,6-22,39H2,1-5H3/p+2/t25-,26?,27?,28-,30?,31+,32?,33?,37-,38-/m0/s1. The van der Waals surface area contributed by atoms with Crippen LogP contribution in [0.2, 0.25) is 0 Å². The third-order valence-corrected chi connectivity index (χ3v) is 12.9. The number of aliphatic hydroxyl groups is 1. The van der Waals surface area contributed by atoms with Gasteiger partial charge in [0.2, 0.25) is 0 Å². The van der Waals surface area contributed by atoms with E-state index >= 15 is 0 Å². The molecule has 0 amide bonds. The van der Waals surface area contributed by atoms with E-state index in [2.05, 4.69) is 38.3 Å². The molecule has 5 fully saturated rings. The van der Waals surface area contributed by atoms with Crippen molar-refractivity contribution in [2.24, 2.45) is 47.2 Å². The summed E-state index contributed by atoms with van der Waals surface area (Å²) in [6, 6.07) is 0.378. The van der Waals surface area contributed by atoms with Crippen LogP contribution in [0.25, 0.3) is 0 Å². The van der Waals surface area contributed by atoms with Gasteiger partial charge in [0.05, 0.1) is 32.3 Å². The van der Waals surface area contributed by atoms with E-state index in [9.17, 15) is 19.5 Å². The number of hydrogen-bond acceptors (Lipinski definition) is 7. The van der Waals surface area contributed by atoms with E-state index in [-0.39, 0.29) is 49.2 Å². The highest BCUT2D eigenvalue weighted by molar-refractivity contribution is 6.23. The van der Waals surface area contributed by atoms with Crippen LogP contribution in [0.3, 0.4) is 0 Å². The van der Waals surface area contributed by atoms with Crippen molar-refractivity contribution in [1.82, 2.24) is 0 Å². The fourth-order valence-corrected chi connectivity index (χ4v) is 10.1. The smallest absolute Gasteiger partial charge is 0.350 e. The second-order valence-corrected chi connectivity index (χ2v) is 16.4. The first kappa shape index (κ1) is 36.6. The predicted molar refractivity (Wildman–Crippen MR) is 180 cm³/mol. The number of fused-ring (bicyclic) bond motifs is 2. The molecule has 10 atom stereocenters. The lowest BCUT2D eigenvalue weighted by Crippen LogP contribution is -2.94. The molecule has 5 rings (SSSR count). The minimum atomic E-state index is -1.91. The van der Waals surface area contributed by atoms with Crippen molar-refractivity contribution in [3.05, 3.63) is 11.1 Å². The van der Waals surface area contributed by atoms with Crippen LogP contribution in [0.15, 0.2) is 11.1 Å². The zero-order chi connectivity index (χ0) is 33.9. The topological polar surface area (TPSA) is 152 Å². The summed E-state index contributed by atoms with van der Waals surface area (Å²) in [6.45, 7) is 12.7. The van der Waals surface area contributed by atoms with Crippen molar-refractivity contribution in [2.75, 3.05) is 26.3 Å². The molecule has 47 heavy (non-hydrogen) atoms. The Morgan fingerprint density at radius 3 is 2.55 bits per heavy atom. The van der Waals surface area contributed by atoms with Crippen molar-refractivity contribution in [3.63, 3.8) is 0 Å². The predicted octanol–water partition coefficient (Wildman–Crippen LogP) is 2.78. The zero-order valence-electron chi connectivity index (χ0n) is 29.9. The molecular formula is C38H65N3O6+2. The molecule has 3 saturated carbocycles. The molecule has 7 N–H and O–H groups in total. The minimum Gasteiger partial charge on any atom is -0.463 e. The number of carbonyl (C=O) groups excluding carboxylic acids is 3. The van der Waals surface area contributed by atoms with Crippen LogP contribution >= 0.6 is 0 Å². The lowest BCUT2D eigenvalue weighted by Gasteiger charge is -2.42. The number of epoxide rings is 1. The second kappa shape index (κ2) is 15.5. The largest absolute Gasteiger partial charge is 0.463 e. The number of nitrogens with two attached hydrogens (primary N) is 3. The van der Waals surface area contributed by atoms with Gasteiger partial charge in [0, 0.05) is 30.6 Å². The van der Waals surface area contributed by atoms with Gasteiger partial charge in [-0.3, -0.25) is 15.3 Å². The fourth-order valence-electron chi connectivity index (χ4n) is 10.1. The average Bonchev–Trinajstić information content (AvgIpc) is 3.76. The lowest BCUT2D eigenvalue weighted by molar-refractivity contribution is -0.699. The molecule has 0 spiro atoms. The molecule has 0 bridgehead atoms. The number of carbonyl (C=O) groups is 3. The van der Waals surface area contributed by atoms with E-state index in [4.69, 9.17) is 15.2 Å². The third kappa shape index (κ3) is 7.30. The number of ketones is 2. The van der Waals surface area contributed by atoms with E-state index in [0.717, 1.165) is 82.9 Å². The second-order valence-electron chi connectivity index (χ2n) is 16.4. The number of ether oxygens (including phenoxy) is 2. The van der Waals surface area contributed by atoms with Gasteiger partial charge >= 0.3 is 5.97 Å². The highest BCUT2D eigenvalue weighted by Gasteiger charge is 2.87. The third-order valence-electron chi connectivity index (χ3n) is 12.9. The molecule has 9 nitrogen and oxygen atoms in total. The number of allylic oxidation sites excluding steroid dienone is 1. The number of Topliss-reactive ketones (excluding diaryl/α,β-unsaturated/α-hetero) is 2. The van der Waals surface area contributed by atoms with Crippen molar-refractivity contribution in [1.29, 1.82) is 0 Å². The molecule has 2 heterocycles. The van der Waals surface area contributed by atoms with Gasteiger partial charge in [0.15, 0.2) is 17.2 Å². The van der Waals surface area contributed by atoms with Gasteiger partial charge in [-0.05, 0) is 101 Å². The van der Waals surface area contributed by atoms with Crippen molar-refractivity contribution in [3.8, 4) is 0 Å². The van der Waals surface area contributed by atoms with Crippen LogP contribution in [0, 0.1) is 41.4 Å². The first-order valence-electron chi connectivity index (χ1n) is 19.2.